The molecule has 1 aliphatic heterocycles. The van der Waals surface area contributed by atoms with Crippen molar-refractivity contribution < 1.29 is 28.6 Å². The van der Waals surface area contributed by atoms with Gasteiger partial charge in [0.2, 0.25) is 0 Å². The van der Waals surface area contributed by atoms with Crippen LogP contribution in [-0.4, -0.2) is 43.7 Å². The third-order valence-corrected chi connectivity index (χ3v) is 6.48. The summed E-state index contributed by atoms with van der Waals surface area (Å²) < 4.78 is 15.1. The Hall–Kier alpha value is -4.50. The van der Waals surface area contributed by atoms with Gasteiger partial charge in [0.1, 0.15) is 15.6 Å². The normalized spacial score (nSPS) is 12.8. The van der Waals surface area contributed by atoms with Gasteiger partial charge in [0, 0.05) is 23.0 Å². The predicted molar refractivity (Wildman–Crippen MR) is 141 cm³/mol. The van der Waals surface area contributed by atoms with Crippen LogP contribution in [0.5, 0.6) is 0 Å². The van der Waals surface area contributed by atoms with Gasteiger partial charge in [-0.05, 0) is 31.2 Å². The molecule has 9 heteroatoms. The Bertz CT molecular complexity index is 1420. The van der Waals surface area contributed by atoms with Crippen molar-refractivity contribution in [2.75, 3.05) is 25.7 Å². The minimum atomic E-state index is -0.702. The SMILES string of the molecule is CCOC(=O)c1sc(-c2cccc(N3C=CC=CC(C(=O)OC)=C3C(=O)OC)c2)nc1-c1ccccc1. The molecule has 188 valence electrons. The van der Waals surface area contributed by atoms with Gasteiger partial charge in [0.05, 0.1) is 32.1 Å². The Kier molecular flexibility index (Phi) is 7.95. The van der Waals surface area contributed by atoms with Crippen LogP contribution >= 0.6 is 11.3 Å². The van der Waals surface area contributed by atoms with Gasteiger partial charge in [-0.3, -0.25) is 0 Å². The number of ether oxygens (including phenoxy) is 3. The monoisotopic (exact) mass is 516 g/mol. The number of hydrogen-bond acceptors (Lipinski definition) is 9. The van der Waals surface area contributed by atoms with Crippen LogP contribution in [0.25, 0.3) is 21.8 Å². The minimum Gasteiger partial charge on any atom is -0.465 e. The predicted octanol–water partition coefficient (Wildman–Crippen LogP) is 5.14. The lowest BCUT2D eigenvalue weighted by Crippen LogP contribution is -2.26. The van der Waals surface area contributed by atoms with Gasteiger partial charge in [-0.2, -0.15) is 0 Å². The molecule has 0 N–H and O–H groups in total. The lowest BCUT2D eigenvalue weighted by atomic mass is 10.1. The third kappa shape index (κ3) is 5.36. The maximum absolute atomic E-state index is 12.8. The van der Waals surface area contributed by atoms with Gasteiger partial charge < -0.3 is 19.1 Å². The molecule has 0 saturated carbocycles. The van der Waals surface area contributed by atoms with Crippen LogP contribution in [0.15, 0.2) is 90.3 Å². The third-order valence-electron chi connectivity index (χ3n) is 5.40. The molecule has 2 aromatic carbocycles. The summed E-state index contributed by atoms with van der Waals surface area (Å²) in [5.74, 6) is -1.82. The van der Waals surface area contributed by atoms with E-state index >= 15 is 0 Å². The molecule has 8 nitrogen and oxygen atoms in total. The molecular weight excluding hydrogens is 492 g/mol. The molecule has 0 spiro atoms. The highest BCUT2D eigenvalue weighted by molar-refractivity contribution is 7.17. The molecule has 0 unspecified atom stereocenters. The lowest BCUT2D eigenvalue weighted by molar-refractivity contribution is -0.139. The van der Waals surface area contributed by atoms with Crippen molar-refractivity contribution in [2.24, 2.45) is 0 Å². The number of esters is 3. The molecule has 3 aromatic rings. The highest BCUT2D eigenvalue weighted by Crippen LogP contribution is 2.36. The second-order valence-electron chi connectivity index (χ2n) is 7.65. The number of benzene rings is 2. The molecule has 0 saturated heterocycles. The van der Waals surface area contributed by atoms with Gasteiger partial charge in [0.25, 0.3) is 0 Å². The molecule has 0 atom stereocenters. The highest BCUT2D eigenvalue weighted by atomic mass is 32.1. The average Bonchev–Trinajstić information content (AvgIpc) is 3.27. The average molecular weight is 517 g/mol. The van der Waals surface area contributed by atoms with E-state index in [0.717, 1.165) is 5.56 Å². The first-order valence-electron chi connectivity index (χ1n) is 11.4. The Morgan fingerprint density at radius 1 is 0.892 bits per heavy atom. The van der Waals surface area contributed by atoms with Crippen molar-refractivity contribution in [1.82, 2.24) is 4.98 Å². The maximum atomic E-state index is 12.8. The number of allylic oxidation sites excluding steroid dienone is 2. The molecule has 0 aliphatic carbocycles. The van der Waals surface area contributed by atoms with Crippen molar-refractivity contribution in [3.63, 3.8) is 0 Å². The van der Waals surface area contributed by atoms with Crippen LogP contribution in [0.2, 0.25) is 0 Å². The van der Waals surface area contributed by atoms with E-state index in [1.54, 1.807) is 42.3 Å². The van der Waals surface area contributed by atoms with E-state index < -0.39 is 17.9 Å². The molecule has 1 aromatic heterocycles. The van der Waals surface area contributed by atoms with Crippen molar-refractivity contribution in [3.05, 3.63) is 95.2 Å². The second-order valence-corrected chi connectivity index (χ2v) is 8.65. The minimum absolute atomic E-state index is 0.00725. The maximum Gasteiger partial charge on any atom is 0.355 e. The summed E-state index contributed by atoms with van der Waals surface area (Å²) in [6.45, 7) is 2.00. The number of carbonyl (C=O) groups is 3. The molecular formula is C28H24N2O6S. The van der Waals surface area contributed by atoms with Crippen LogP contribution in [0.1, 0.15) is 16.6 Å². The van der Waals surface area contributed by atoms with E-state index in [2.05, 4.69) is 0 Å². The molecule has 0 amide bonds. The lowest BCUT2D eigenvalue weighted by Gasteiger charge is -2.23. The fourth-order valence-electron chi connectivity index (χ4n) is 3.72. The van der Waals surface area contributed by atoms with E-state index in [0.29, 0.717) is 26.8 Å². The van der Waals surface area contributed by atoms with Crippen molar-refractivity contribution in [1.29, 1.82) is 0 Å². The number of hydrogen-bond donors (Lipinski definition) is 0. The summed E-state index contributed by atoms with van der Waals surface area (Å²) in [4.78, 5) is 44.7. The van der Waals surface area contributed by atoms with Crippen LogP contribution in [0, 0.1) is 0 Å². The number of anilines is 1. The largest absolute Gasteiger partial charge is 0.465 e. The molecule has 1 aliphatic rings. The van der Waals surface area contributed by atoms with Gasteiger partial charge >= 0.3 is 17.9 Å². The Balaban J connectivity index is 1.83. The summed E-state index contributed by atoms with van der Waals surface area (Å²) in [6.07, 6.45) is 6.48. The fraction of sp³-hybridized carbons (Fsp3) is 0.143. The number of methoxy groups -OCH3 is 2. The van der Waals surface area contributed by atoms with E-state index in [9.17, 15) is 14.4 Å². The van der Waals surface area contributed by atoms with Gasteiger partial charge in [-0.15, -0.1) is 11.3 Å². The first kappa shape index (κ1) is 25.6. The molecule has 0 radical (unpaired) electrons. The van der Waals surface area contributed by atoms with Crippen LogP contribution in [0.3, 0.4) is 0 Å². The molecule has 2 heterocycles. The Morgan fingerprint density at radius 3 is 2.32 bits per heavy atom. The van der Waals surface area contributed by atoms with Gasteiger partial charge in [-0.1, -0.05) is 48.5 Å². The Morgan fingerprint density at radius 2 is 1.62 bits per heavy atom. The first-order chi connectivity index (χ1) is 18.0. The molecule has 37 heavy (non-hydrogen) atoms. The van der Waals surface area contributed by atoms with E-state index in [4.69, 9.17) is 19.2 Å². The number of carbonyl (C=O) groups excluding carboxylic acids is 3. The van der Waals surface area contributed by atoms with E-state index in [-0.39, 0.29) is 17.9 Å². The molecule has 0 fully saturated rings. The molecule has 4 rings (SSSR count). The van der Waals surface area contributed by atoms with E-state index in [1.807, 2.05) is 42.5 Å². The van der Waals surface area contributed by atoms with Crippen molar-refractivity contribution >= 4 is 34.9 Å². The first-order valence-corrected chi connectivity index (χ1v) is 12.2. The summed E-state index contributed by atoms with van der Waals surface area (Å²) in [5, 5.41) is 0.595. The van der Waals surface area contributed by atoms with Gasteiger partial charge in [-0.25, -0.2) is 19.4 Å². The number of thiazole rings is 1. The van der Waals surface area contributed by atoms with E-state index in [1.165, 1.54) is 31.6 Å². The summed E-state index contributed by atoms with van der Waals surface area (Å²) >= 11 is 1.22. The van der Waals surface area contributed by atoms with Crippen molar-refractivity contribution in [2.45, 2.75) is 6.92 Å². The second kappa shape index (κ2) is 11.5. The van der Waals surface area contributed by atoms with Crippen LogP contribution in [-0.2, 0) is 23.8 Å². The topological polar surface area (TPSA) is 95.0 Å². The van der Waals surface area contributed by atoms with Crippen LogP contribution in [0.4, 0.5) is 5.69 Å². The number of rotatable bonds is 7. The standard InChI is InChI=1S/C28H24N2O6S/c1-4-36-28(33)24-22(18-11-6-5-7-12-18)29-25(37-24)19-13-10-14-20(17-19)30-16-9-8-15-21(26(31)34-2)23(30)27(32)35-3/h5-17H,4H2,1-3H3. The highest BCUT2D eigenvalue weighted by Gasteiger charge is 2.28. The summed E-state index contributed by atoms with van der Waals surface area (Å²) in [6, 6.07) is 16.7. The zero-order chi connectivity index (χ0) is 26.4. The Labute approximate surface area is 218 Å². The number of aromatic nitrogens is 1. The summed E-state index contributed by atoms with van der Waals surface area (Å²) in [5.41, 5.74) is 2.68. The summed E-state index contributed by atoms with van der Waals surface area (Å²) in [7, 11) is 2.49. The quantitative estimate of drug-likeness (QED) is 0.315. The number of nitrogens with zero attached hydrogens (tertiary/aromatic N) is 2. The zero-order valence-corrected chi connectivity index (χ0v) is 21.3. The fourth-order valence-corrected chi connectivity index (χ4v) is 4.70. The smallest absolute Gasteiger partial charge is 0.355 e. The van der Waals surface area contributed by atoms with Crippen molar-refractivity contribution in [3.8, 4) is 21.8 Å². The van der Waals surface area contributed by atoms with Gasteiger partial charge in [0.15, 0.2) is 0 Å². The molecule has 0 bridgehead atoms. The van der Waals surface area contributed by atoms with Crippen LogP contribution < -0.4 is 4.90 Å². The zero-order valence-electron chi connectivity index (χ0n) is 20.5.